The number of hydrogen-bond donors (Lipinski definition) is 1. The van der Waals surface area contributed by atoms with E-state index in [2.05, 4.69) is 15.5 Å². The minimum Gasteiger partial charge on any atom is -0.356 e. The van der Waals surface area contributed by atoms with Crippen molar-refractivity contribution >= 4 is 39.7 Å². The number of hydrogen-bond acceptors (Lipinski definition) is 8. The first-order valence-corrected chi connectivity index (χ1v) is 9.54. The molecule has 0 amide bonds. The Morgan fingerprint density at radius 3 is 2.74 bits per heavy atom. The van der Waals surface area contributed by atoms with Crippen molar-refractivity contribution in [3.63, 3.8) is 0 Å². The van der Waals surface area contributed by atoms with Gasteiger partial charge in [0.05, 0.1) is 10.7 Å². The number of nitrogens with zero attached hydrogens (tertiary/aromatic N) is 3. The highest BCUT2D eigenvalue weighted by Gasteiger charge is 2.13. The Labute approximate surface area is 161 Å². The number of non-ortho nitro benzene ring substituents is 1. The molecule has 0 aliphatic carbocycles. The maximum Gasteiger partial charge on any atom is 0.270 e. The smallest absolute Gasteiger partial charge is 0.270 e. The van der Waals surface area contributed by atoms with Gasteiger partial charge in [-0.3, -0.25) is 14.9 Å². The van der Waals surface area contributed by atoms with Crippen LogP contribution in [0.25, 0.3) is 0 Å². The highest BCUT2D eigenvalue weighted by Crippen LogP contribution is 2.27. The number of benzene rings is 2. The fourth-order valence-corrected chi connectivity index (χ4v) is 3.77. The summed E-state index contributed by atoms with van der Waals surface area (Å²) in [6.45, 7) is 0.478. The highest BCUT2D eigenvalue weighted by molar-refractivity contribution is 8.01. The average Bonchev–Trinajstić information content (AvgIpc) is 3.13. The second-order valence-corrected chi connectivity index (χ2v) is 7.57. The molecule has 0 aliphatic heterocycles. The zero-order chi connectivity index (χ0) is 19.2. The van der Waals surface area contributed by atoms with Gasteiger partial charge in [-0.05, 0) is 17.7 Å². The van der Waals surface area contributed by atoms with E-state index >= 15 is 0 Å². The van der Waals surface area contributed by atoms with Crippen LogP contribution < -0.4 is 5.32 Å². The average molecular weight is 404 g/mol. The molecule has 0 spiro atoms. The van der Waals surface area contributed by atoms with Gasteiger partial charge in [-0.25, -0.2) is 4.39 Å². The first-order chi connectivity index (χ1) is 13.0. The summed E-state index contributed by atoms with van der Waals surface area (Å²) in [4.78, 5) is 22.5. The van der Waals surface area contributed by atoms with E-state index in [1.165, 1.54) is 53.4 Å². The van der Waals surface area contributed by atoms with Crippen molar-refractivity contribution < 1.29 is 14.1 Å². The lowest BCUT2D eigenvalue weighted by atomic mass is 10.1. The predicted molar refractivity (Wildman–Crippen MR) is 102 cm³/mol. The standard InChI is InChI=1S/C17H13FN4O3S2/c18-13-6-4-11(5-7-13)9-19-16-20-21-17(27-16)26-10-15(23)12-2-1-3-14(8-12)22(24)25/h1-8H,9-10H2,(H,19,20). The monoisotopic (exact) mass is 404 g/mol. The maximum absolute atomic E-state index is 12.9. The van der Waals surface area contributed by atoms with Crippen molar-refractivity contribution in [2.45, 2.75) is 10.9 Å². The topological polar surface area (TPSA) is 98.0 Å². The van der Waals surface area contributed by atoms with Crippen LogP contribution in [0.4, 0.5) is 15.2 Å². The van der Waals surface area contributed by atoms with Crippen LogP contribution in [0.15, 0.2) is 52.9 Å². The van der Waals surface area contributed by atoms with Crippen LogP contribution in [0, 0.1) is 15.9 Å². The first-order valence-electron chi connectivity index (χ1n) is 7.73. The molecule has 1 heterocycles. The summed E-state index contributed by atoms with van der Waals surface area (Å²) < 4.78 is 13.5. The van der Waals surface area contributed by atoms with Crippen molar-refractivity contribution in [1.82, 2.24) is 10.2 Å². The Morgan fingerprint density at radius 2 is 2.00 bits per heavy atom. The van der Waals surface area contributed by atoms with Gasteiger partial charge in [-0.1, -0.05) is 47.4 Å². The molecule has 1 aromatic heterocycles. The highest BCUT2D eigenvalue weighted by atomic mass is 32.2. The second kappa shape index (κ2) is 8.69. The van der Waals surface area contributed by atoms with Gasteiger partial charge in [0, 0.05) is 24.2 Å². The van der Waals surface area contributed by atoms with E-state index in [4.69, 9.17) is 0 Å². The lowest BCUT2D eigenvalue weighted by Crippen LogP contribution is -2.03. The largest absolute Gasteiger partial charge is 0.356 e. The Morgan fingerprint density at radius 1 is 1.22 bits per heavy atom. The Hall–Kier alpha value is -2.85. The molecular weight excluding hydrogens is 391 g/mol. The quantitative estimate of drug-likeness (QED) is 0.260. The molecule has 0 radical (unpaired) electrons. The molecular formula is C17H13FN4O3S2. The summed E-state index contributed by atoms with van der Waals surface area (Å²) in [6, 6.07) is 11.8. The summed E-state index contributed by atoms with van der Waals surface area (Å²) >= 11 is 2.51. The molecule has 0 saturated heterocycles. The van der Waals surface area contributed by atoms with Crippen LogP contribution in [0.3, 0.4) is 0 Å². The van der Waals surface area contributed by atoms with E-state index < -0.39 is 4.92 Å². The van der Waals surface area contributed by atoms with Crippen molar-refractivity contribution in [2.75, 3.05) is 11.1 Å². The number of nitro benzene ring substituents is 1. The maximum atomic E-state index is 12.9. The molecule has 7 nitrogen and oxygen atoms in total. The molecule has 0 saturated carbocycles. The molecule has 0 bridgehead atoms. The van der Waals surface area contributed by atoms with Crippen LogP contribution in [-0.2, 0) is 6.54 Å². The van der Waals surface area contributed by atoms with E-state index in [1.54, 1.807) is 18.2 Å². The van der Waals surface area contributed by atoms with Crippen LogP contribution >= 0.6 is 23.1 Å². The second-order valence-electron chi connectivity index (χ2n) is 5.37. The molecule has 0 atom stereocenters. The van der Waals surface area contributed by atoms with E-state index in [0.717, 1.165) is 5.56 Å². The van der Waals surface area contributed by atoms with Crippen molar-refractivity contribution in [1.29, 1.82) is 0 Å². The van der Waals surface area contributed by atoms with Gasteiger partial charge >= 0.3 is 0 Å². The Kier molecular flexibility index (Phi) is 6.09. The lowest BCUT2D eigenvalue weighted by Gasteiger charge is -2.01. The molecule has 0 unspecified atom stereocenters. The third-order valence-corrected chi connectivity index (χ3v) is 5.48. The number of nitro groups is 1. The molecule has 0 aliphatic rings. The third kappa shape index (κ3) is 5.31. The van der Waals surface area contributed by atoms with Crippen molar-refractivity contribution in [3.8, 4) is 0 Å². The number of rotatable bonds is 8. The van der Waals surface area contributed by atoms with E-state index in [1.807, 2.05) is 0 Å². The van der Waals surface area contributed by atoms with Gasteiger partial charge in [-0.2, -0.15) is 0 Å². The van der Waals surface area contributed by atoms with Gasteiger partial charge in [0.25, 0.3) is 5.69 Å². The van der Waals surface area contributed by atoms with Gasteiger partial charge in [0.1, 0.15) is 5.82 Å². The van der Waals surface area contributed by atoms with Gasteiger partial charge in [0.2, 0.25) is 5.13 Å². The molecule has 10 heteroatoms. The molecule has 3 rings (SSSR count). The molecule has 3 aromatic rings. The molecule has 27 heavy (non-hydrogen) atoms. The number of Topliss-reactive ketones (excluding diaryl/α,β-unsaturated/α-hetero) is 1. The summed E-state index contributed by atoms with van der Waals surface area (Å²) in [7, 11) is 0. The first kappa shape index (κ1) is 18.9. The molecule has 1 N–H and O–H groups in total. The number of aromatic nitrogens is 2. The molecule has 2 aromatic carbocycles. The number of thioether (sulfide) groups is 1. The van der Waals surface area contributed by atoms with Crippen LogP contribution in [0.2, 0.25) is 0 Å². The SMILES string of the molecule is O=C(CSc1nnc(NCc2ccc(F)cc2)s1)c1cccc([N+](=O)[O-])c1. The lowest BCUT2D eigenvalue weighted by molar-refractivity contribution is -0.384. The zero-order valence-corrected chi connectivity index (χ0v) is 15.4. The minimum atomic E-state index is -0.534. The van der Waals surface area contributed by atoms with Gasteiger partial charge in [-0.15, -0.1) is 10.2 Å². The van der Waals surface area contributed by atoms with Crippen LogP contribution in [0.1, 0.15) is 15.9 Å². The zero-order valence-electron chi connectivity index (χ0n) is 13.8. The number of carbonyl (C=O) groups excluding carboxylic acids is 1. The molecule has 138 valence electrons. The summed E-state index contributed by atoms with van der Waals surface area (Å²) in [5, 5.41) is 22.5. The van der Waals surface area contributed by atoms with E-state index in [-0.39, 0.29) is 28.6 Å². The summed E-state index contributed by atoms with van der Waals surface area (Å²) in [6.07, 6.45) is 0. The van der Waals surface area contributed by atoms with E-state index in [0.29, 0.717) is 16.0 Å². The summed E-state index contributed by atoms with van der Waals surface area (Å²) in [5.74, 6) is -0.408. The minimum absolute atomic E-state index is 0.105. The fraction of sp³-hybridized carbons (Fsp3) is 0.118. The van der Waals surface area contributed by atoms with Crippen LogP contribution in [0.5, 0.6) is 0 Å². The van der Waals surface area contributed by atoms with Crippen molar-refractivity contribution in [2.24, 2.45) is 0 Å². The van der Waals surface area contributed by atoms with Crippen LogP contribution in [-0.4, -0.2) is 26.7 Å². The fourth-order valence-electron chi connectivity index (χ4n) is 2.12. The number of anilines is 1. The van der Waals surface area contributed by atoms with Gasteiger partial charge in [0.15, 0.2) is 10.1 Å². The Balaban J connectivity index is 1.53. The number of carbonyl (C=O) groups is 1. The number of halogens is 1. The number of ketones is 1. The normalized spacial score (nSPS) is 10.6. The van der Waals surface area contributed by atoms with Crippen molar-refractivity contribution in [3.05, 3.63) is 75.6 Å². The number of nitrogens with one attached hydrogen (secondary N) is 1. The van der Waals surface area contributed by atoms with E-state index in [9.17, 15) is 19.3 Å². The third-order valence-electron chi connectivity index (χ3n) is 3.47. The van der Waals surface area contributed by atoms with Gasteiger partial charge < -0.3 is 5.32 Å². The predicted octanol–water partition coefficient (Wildman–Crippen LogP) is 4.17. The molecule has 0 fully saturated rings. The summed E-state index contributed by atoms with van der Waals surface area (Å²) in [5.41, 5.74) is 1.08. The Bertz CT molecular complexity index is 963.